The number of hydrogen-bond donors (Lipinski definition) is 2. The molecule has 2 rings (SSSR count). The second kappa shape index (κ2) is 12.5. The van der Waals surface area contributed by atoms with Gasteiger partial charge in [0.1, 0.15) is 13.2 Å². The zero-order valence-corrected chi connectivity index (χ0v) is 17.8. The Balaban J connectivity index is 1.47. The van der Waals surface area contributed by atoms with Gasteiger partial charge in [0, 0.05) is 18.9 Å². The van der Waals surface area contributed by atoms with E-state index in [1.54, 1.807) is 0 Å². The van der Waals surface area contributed by atoms with Crippen LogP contribution < -0.4 is 5.32 Å². The molecule has 2 fully saturated rings. The van der Waals surface area contributed by atoms with Gasteiger partial charge in [-0.05, 0) is 38.0 Å². The fourth-order valence-electron chi connectivity index (χ4n) is 4.16. The molecule has 0 aromatic carbocycles. The molecule has 2 saturated carbocycles. The molecule has 1 unspecified atom stereocenters. The molecule has 1 amide bonds. The fraction of sp³-hybridized carbons (Fsp3) is 0.900. The molecule has 0 saturated heterocycles. The first-order chi connectivity index (χ1) is 13.5. The van der Waals surface area contributed by atoms with E-state index < -0.39 is 13.5 Å². The van der Waals surface area contributed by atoms with E-state index in [-0.39, 0.29) is 31.3 Å². The SMILES string of the molecule is O=C(NCCCP(=O)(O)CC1CCCCC1)OCCOC(=O)C1CCCCC1. The smallest absolute Gasteiger partial charge is 0.407 e. The summed E-state index contributed by atoms with van der Waals surface area (Å²) in [6.07, 6.45) is 11.2. The summed E-state index contributed by atoms with van der Waals surface area (Å²) in [6.45, 7) is 0.385. The zero-order valence-electron chi connectivity index (χ0n) is 16.9. The lowest BCUT2D eigenvalue weighted by molar-refractivity contribution is -0.150. The average Bonchev–Trinajstić information content (AvgIpc) is 2.69. The molecule has 8 heteroatoms. The number of esters is 1. The van der Waals surface area contributed by atoms with Crippen LogP contribution in [0.2, 0.25) is 0 Å². The topological polar surface area (TPSA) is 102 Å². The van der Waals surface area contributed by atoms with Crippen molar-refractivity contribution in [3.63, 3.8) is 0 Å². The van der Waals surface area contributed by atoms with Gasteiger partial charge in [-0.15, -0.1) is 0 Å². The number of alkyl carbamates (subject to hydrolysis) is 1. The predicted molar refractivity (Wildman–Crippen MR) is 108 cm³/mol. The summed E-state index contributed by atoms with van der Waals surface area (Å²) in [7, 11) is -3.12. The van der Waals surface area contributed by atoms with E-state index in [1.165, 1.54) is 12.8 Å². The van der Waals surface area contributed by atoms with E-state index in [1.807, 2.05) is 0 Å². The Bertz CT molecular complexity index is 529. The van der Waals surface area contributed by atoms with Crippen molar-refractivity contribution in [2.24, 2.45) is 11.8 Å². The minimum atomic E-state index is -3.12. The van der Waals surface area contributed by atoms with Gasteiger partial charge >= 0.3 is 12.1 Å². The molecule has 0 spiro atoms. The van der Waals surface area contributed by atoms with E-state index in [2.05, 4.69) is 5.32 Å². The number of carbonyl (C=O) groups excluding carboxylic acids is 2. The van der Waals surface area contributed by atoms with Gasteiger partial charge in [-0.25, -0.2) is 4.79 Å². The maximum atomic E-state index is 12.3. The van der Waals surface area contributed by atoms with Gasteiger partial charge in [0.15, 0.2) is 0 Å². The summed E-state index contributed by atoms with van der Waals surface area (Å²) >= 11 is 0. The lowest BCUT2D eigenvalue weighted by atomic mass is 9.89. The highest BCUT2D eigenvalue weighted by Crippen LogP contribution is 2.45. The Hall–Kier alpha value is -1.07. The maximum absolute atomic E-state index is 12.3. The molecule has 1 atom stereocenters. The van der Waals surface area contributed by atoms with Crippen LogP contribution in [0.5, 0.6) is 0 Å². The Labute approximate surface area is 168 Å². The van der Waals surface area contributed by atoms with Crippen LogP contribution in [0.1, 0.15) is 70.6 Å². The van der Waals surface area contributed by atoms with E-state index in [0.29, 0.717) is 25.0 Å². The first-order valence-corrected chi connectivity index (χ1v) is 12.9. The van der Waals surface area contributed by atoms with Crippen LogP contribution in [0.25, 0.3) is 0 Å². The number of nitrogens with one attached hydrogen (secondary N) is 1. The highest BCUT2D eigenvalue weighted by Gasteiger charge is 2.25. The third-order valence-electron chi connectivity index (χ3n) is 5.72. The Morgan fingerprint density at radius 2 is 1.54 bits per heavy atom. The molecule has 0 radical (unpaired) electrons. The van der Waals surface area contributed by atoms with Gasteiger partial charge in [0.2, 0.25) is 7.37 Å². The second-order valence-corrected chi connectivity index (χ2v) is 10.7. The quantitative estimate of drug-likeness (QED) is 0.316. The monoisotopic (exact) mass is 417 g/mol. The molecule has 0 aromatic heterocycles. The van der Waals surface area contributed by atoms with Crippen LogP contribution in [-0.4, -0.2) is 49.0 Å². The van der Waals surface area contributed by atoms with Gasteiger partial charge in [-0.1, -0.05) is 38.5 Å². The minimum absolute atomic E-state index is 0.00893. The molecular weight excluding hydrogens is 381 g/mol. The highest BCUT2D eigenvalue weighted by atomic mass is 31.2. The summed E-state index contributed by atoms with van der Waals surface area (Å²) in [5, 5.41) is 2.58. The number of ether oxygens (including phenoxy) is 2. The maximum Gasteiger partial charge on any atom is 0.407 e. The van der Waals surface area contributed by atoms with Gasteiger partial charge in [-0.2, -0.15) is 0 Å². The van der Waals surface area contributed by atoms with Crippen LogP contribution in [0.15, 0.2) is 0 Å². The molecular formula is C20H36NO6P. The van der Waals surface area contributed by atoms with Crippen molar-refractivity contribution in [2.45, 2.75) is 70.6 Å². The number of carbonyl (C=O) groups is 2. The fourth-order valence-corrected chi connectivity index (χ4v) is 6.17. The van der Waals surface area contributed by atoms with Crippen molar-refractivity contribution in [3.05, 3.63) is 0 Å². The van der Waals surface area contributed by atoms with Crippen molar-refractivity contribution < 1.29 is 28.5 Å². The van der Waals surface area contributed by atoms with Crippen LogP contribution in [0, 0.1) is 11.8 Å². The zero-order chi connectivity index (χ0) is 20.2. The van der Waals surface area contributed by atoms with Gasteiger partial charge in [-0.3, -0.25) is 9.36 Å². The number of rotatable bonds is 10. The molecule has 0 aromatic rings. The van der Waals surface area contributed by atoms with Gasteiger partial charge in [0.05, 0.1) is 5.92 Å². The van der Waals surface area contributed by atoms with E-state index in [9.17, 15) is 19.0 Å². The van der Waals surface area contributed by atoms with Crippen molar-refractivity contribution in [2.75, 3.05) is 32.1 Å². The van der Waals surface area contributed by atoms with E-state index >= 15 is 0 Å². The molecule has 0 bridgehead atoms. The Kier molecular flexibility index (Phi) is 10.3. The molecule has 0 heterocycles. The van der Waals surface area contributed by atoms with Crippen LogP contribution in [-0.2, 0) is 18.8 Å². The van der Waals surface area contributed by atoms with Gasteiger partial charge < -0.3 is 19.7 Å². The molecule has 7 nitrogen and oxygen atoms in total. The molecule has 2 aliphatic carbocycles. The summed E-state index contributed by atoms with van der Waals surface area (Å²) in [5.41, 5.74) is 0. The number of hydrogen-bond acceptors (Lipinski definition) is 5. The van der Waals surface area contributed by atoms with Crippen molar-refractivity contribution in [1.29, 1.82) is 0 Å². The van der Waals surface area contributed by atoms with E-state index in [4.69, 9.17) is 9.47 Å². The van der Waals surface area contributed by atoms with Crippen LogP contribution in [0.3, 0.4) is 0 Å². The second-order valence-electron chi connectivity index (χ2n) is 8.18. The van der Waals surface area contributed by atoms with Crippen LogP contribution in [0.4, 0.5) is 4.79 Å². The van der Waals surface area contributed by atoms with Crippen molar-refractivity contribution in [1.82, 2.24) is 5.32 Å². The summed E-state index contributed by atoms with van der Waals surface area (Å²) in [4.78, 5) is 33.6. The lowest BCUT2D eigenvalue weighted by Gasteiger charge is -2.24. The summed E-state index contributed by atoms with van der Waals surface area (Å²) in [6, 6.07) is 0. The molecule has 2 aliphatic rings. The largest absolute Gasteiger partial charge is 0.462 e. The highest BCUT2D eigenvalue weighted by molar-refractivity contribution is 7.57. The first kappa shape index (κ1) is 23.2. The number of amides is 1. The Morgan fingerprint density at radius 1 is 0.929 bits per heavy atom. The first-order valence-electron chi connectivity index (χ1n) is 10.8. The van der Waals surface area contributed by atoms with Crippen LogP contribution >= 0.6 is 7.37 Å². The molecule has 28 heavy (non-hydrogen) atoms. The lowest BCUT2D eigenvalue weighted by Crippen LogP contribution is -2.28. The van der Waals surface area contributed by atoms with Crippen molar-refractivity contribution >= 4 is 19.4 Å². The minimum Gasteiger partial charge on any atom is -0.462 e. The normalized spacial score (nSPS) is 20.9. The molecule has 0 aliphatic heterocycles. The molecule has 162 valence electrons. The third kappa shape index (κ3) is 9.42. The van der Waals surface area contributed by atoms with Crippen molar-refractivity contribution in [3.8, 4) is 0 Å². The third-order valence-corrected chi connectivity index (χ3v) is 7.82. The average molecular weight is 417 g/mol. The molecule has 2 N–H and O–H groups in total. The van der Waals surface area contributed by atoms with Gasteiger partial charge in [0.25, 0.3) is 0 Å². The Morgan fingerprint density at radius 3 is 2.21 bits per heavy atom. The van der Waals surface area contributed by atoms with E-state index in [0.717, 1.165) is 51.4 Å². The predicted octanol–water partition coefficient (Wildman–Crippen LogP) is 4.08. The summed E-state index contributed by atoms with van der Waals surface area (Å²) < 4.78 is 22.4. The summed E-state index contributed by atoms with van der Waals surface area (Å²) in [5.74, 6) is 0.171. The standard InChI is InChI=1S/C20H36NO6P/c22-19(18-10-5-2-6-11-18)26-13-14-27-20(23)21-12-7-15-28(24,25)16-17-8-3-1-4-9-17/h17-18H,1-16H2,(H,21,23)(H,24,25).